The molecule has 0 bridgehead atoms. The maximum Gasteiger partial charge on any atom is 0.243 e. The number of nitrogens with zero attached hydrogens (tertiary/aromatic N) is 5. The van der Waals surface area contributed by atoms with Crippen LogP contribution in [0, 0.1) is 11.6 Å². The molecule has 2 atom stereocenters. The molecule has 67 heavy (non-hydrogen) atoms. The van der Waals surface area contributed by atoms with E-state index in [9.17, 15) is 37.5 Å². The van der Waals surface area contributed by atoms with E-state index in [2.05, 4.69) is 5.32 Å². The van der Waals surface area contributed by atoms with Gasteiger partial charge in [-0.2, -0.15) is 0 Å². The van der Waals surface area contributed by atoms with Crippen molar-refractivity contribution in [1.82, 2.24) is 29.8 Å². The van der Waals surface area contributed by atoms with Gasteiger partial charge in [0.2, 0.25) is 35.4 Å². The summed E-state index contributed by atoms with van der Waals surface area (Å²) in [6, 6.07) is 27.9. The lowest BCUT2D eigenvalue weighted by Gasteiger charge is -2.35. The molecule has 7 N–H and O–H groups in total. The standard InChI is InChI=1S/C50H65F2N9O6/c1-37(41-13-5-3-6-14-41)60(32-45(55)62)50(67)36-61(38(2)42-15-7-4-8-16-42)49(66)35-57(28-12-10-26-54)47(64)33-59(31-40-19-23-44(52)24-20-40)48(65)34-58(30-39-17-21-43(51)22-18-39)46(63)29-56-27-11-9-25-53/h3-8,13-24,37-38,56H,9-12,25-36,53-54H2,1-2H3,(H2,55,62)/t37-,38-/m0/s1. The van der Waals surface area contributed by atoms with Gasteiger partial charge in [-0.05, 0) is 106 Å². The average molecular weight is 926 g/mol. The van der Waals surface area contributed by atoms with Gasteiger partial charge in [0, 0.05) is 19.6 Å². The molecule has 4 aromatic rings. The first-order valence-electron chi connectivity index (χ1n) is 22.6. The van der Waals surface area contributed by atoms with Crippen LogP contribution in [-0.2, 0) is 41.9 Å². The Morgan fingerprint density at radius 1 is 0.507 bits per heavy atom. The Balaban J connectivity index is 1.65. The lowest BCUT2D eigenvalue weighted by molar-refractivity contribution is -0.149. The van der Waals surface area contributed by atoms with Crippen molar-refractivity contribution < 1.29 is 37.5 Å². The van der Waals surface area contributed by atoms with Crippen LogP contribution in [0.25, 0.3) is 0 Å². The molecule has 0 saturated carbocycles. The minimum absolute atomic E-state index is 0.0392. The molecule has 0 aromatic heterocycles. The summed E-state index contributed by atoms with van der Waals surface area (Å²) in [6.07, 6.45) is 2.41. The zero-order chi connectivity index (χ0) is 48.7. The number of hydrogen-bond acceptors (Lipinski definition) is 9. The summed E-state index contributed by atoms with van der Waals surface area (Å²) < 4.78 is 27.9. The Bertz CT molecular complexity index is 2190. The van der Waals surface area contributed by atoms with Gasteiger partial charge in [0.15, 0.2) is 0 Å². The van der Waals surface area contributed by atoms with E-state index >= 15 is 0 Å². The van der Waals surface area contributed by atoms with Gasteiger partial charge >= 0.3 is 0 Å². The fourth-order valence-corrected chi connectivity index (χ4v) is 7.42. The minimum Gasteiger partial charge on any atom is -0.368 e. The molecule has 0 aliphatic rings. The van der Waals surface area contributed by atoms with E-state index in [1.54, 1.807) is 26.0 Å². The molecule has 0 spiro atoms. The fraction of sp³-hybridized carbons (Fsp3) is 0.400. The number of carbonyl (C=O) groups excluding carboxylic acids is 6. The second-order valence-electron chi connectivity index (χ2n) is 16.4. The van der Waals surface area contributed by atoms with Crippen molar-refractivity contribution >= 4 is 35.4 Å². The van der Waals surface area contributed by atoms with Crippen LogP contribution in [0.5, 0.6) is 0 Å². The van der Waals surface area contributed by atoms with Crippen LogP contribution >= 0.6 is 0 Å². The Labute approximate surface area is 392 Å². The average Bonchev–Trinajstić information content (AvgIpc) is 3.32. The number of halogens is 2. The lowest BCUT2D eigenvalue weighted by atomic mass is 10.1. The fourth-order valence-electron chi connectivity index (χ4n) is 7.42. The maximum absolute atomic E-state index is 14.7. The molecular weight excluding hydrogens is 861 g/mol. The summed E-state index contributed by atoms with van der Waals surface area (Å²) in [6.45, 7) is 2.29. The Morgan fingerprint density at radius 2 is 0.925 bits per heavy atom. The summed E-state index contributed by atoms with van der Waals surface area (Å²) in [5, 5.41) is 3.08. The second kappa shape index (κ2) is 27.8. The molecule has 17 heteroatoms. The molecule has 6 amide bonds. The monoisotopic (exact) mass is 926 g/mol. The highest BCUT2D eigenvalue weighted by atomic mass is 19.1. The van der Waals surface area contributed by atoms with Crippen LogP contribution in [0.15, 0.2) is 109 Å². The number of benzene rings is 4. The first kappa shape index (κ1) is 53.1. The third-order valence-corrected chi connectivity index (χ3v) is 11.3. The van der Waals surface area contributed by atoms with Crippen molar-refractivity contribution in [3.63, 3.8) is 0 Å². The zero-order valence-corrected chi connectivity index (χ0v) is 38.5. The second-order valence-corrected chi connectivity index (χ2v) is 16.4. The van der Waals surface area contributed by atoms with E-state index in [0.29, 0.717) is 49.2 Å². The molecule has 0 aliphatic carbocycles. The van der Waals surface area contributed by atoms with E-state index in [0.717, 1.165) is 18.4 Å². The summed E-state index contributed by atoms with van der Waals surface area (Å²) in [7, 11) is 0. The number of unbranched alkanes of at least 4 members (excludes halogenated alkanes) is 2. The van der Waals surface area contributed by atoms with Crippen molar-refractivity contribution in [1.29, 1.82) is 0 Å². The SMILES string of the molecule is C[C@@H](c1ccccc1)N(CC(N)=O)C(=O)CN(C(=O)CN(CCCCN)C(=O)CN(Cc1ccc(F)cc1)C(=O)CN(Cc1ccc(F)cc1)C(=O)CNCCCCN)[C@@H](C)c1ccccc1. The molecule has 0 radical (unpaired) electrons. The number of amides is 6. The predicted octanol–water partition coefficient (Wildman–Crippen LogP) is 3.88. The number of hydrogen-bond donors (Lipinski definition) is 4. The van der Waals surface area contributed by atoms with Gasteiger partial charge in [-0.3, -0.25) is 28.8 Å². The summed E-state index contributed by atoms with van der Waals surface area (Å²) in [4.78, 5) is 90.5. The molecular formula is C50H65F2N9O6. The van der Waals surface area contributed by atoms with Crippen LogP contribution < -0.4 is 22.5 Å². The van der Waals surface area contributed by atoms with Crippen LogP contribution in [0.1, 0.15) is 73.9 Å². The molecule has 0 heterocycles. The Hall–Kier alpha value is -6.56. The predicted molar refractivity (Wildman–Crippen MR) is 252 cm³/mol. The summed E-state index contributed by atoms with van der Waals surface area (Å²) in [5.41, 5.74) is 19.6. The highest BCUT2D eigenvalue weighted by Gasteiger charge is 2.32. The van der Waals surface area contributed by atoms with Gasteiger partial charge in [-0.1, -0.05) is 84.9 Å². The van der Waals surface area contributed by atoms with Gasteiger partial charge in [0.25, 0.3) is 0 Å². The largest absolute Gasteiger partial charge is 0.368 e. The van der Waals surface area contributed by atoms with Gasteiger partial charge in [-0.25, -0.2) is 8.78 Å². The van der Waals surface area contributed by atoms with E-state index in [1.807, 2.05) is 48.5 Å². The maximum atomic E-state index is 14.7. The summed E-state index contributed by atoms with van der Waals surface area (Å²) >= 11 is 0. The van der Waals surface area contributed by atoms with Gasteiger partial charge < -0.3 is 47.0 Å². The highest BCUT2D eigenvalue weighted by Crippen LogP contribution is 2.24. The van der Waals surface area contributed by atoms with Gasteiger partial charge in [0.1, 0.15) is 31.3 Å². The molecule has 4 aromatic carbocycles. The molecule has 360 valence electrons. The van der Waals surface area contributed by atoms with Crippen molar-refractivity contribution in [2.45, 2.75) is 64.7 Å². The van der Waals surface area contributed by atoms with Crippen molar-refractivity contribution in [2.24, 2.45) is 17.2 Å². The van der Waals surface area contributed by atoms with E-state index in [-0.39, 0.29) is 26.2 Å². The van der Waals surface area contributed by atoms with Gasteiger partial charge in [0.05, 0.1) is 31.7 Å². The molecule has 0 aliphatic heterocycles. The smallest absolute Gasteiger partial charge is 0.243 e. The number of carbonyl (C=O) groups is 6. The van der Waals surface area contributed by atoms with E-state index in [1.165, 1.54) is 73.0 Å². The van der Waals surface area contributed by atoms with Crippen LogP contribution in [0.2, 0.25) is 0 Å². The molecule has 15 nitrogen and oxygen atoms in total. The van der Waals surface area contributed by atoms with Gasteiger partial charge in [-0.15, -0.1) is 0 Å². The number of rotatable bonds is 28. The van der Waals surface area contributed by atoms with E-state index < -0.39 is 91.9 Å². The molecule has 0 fully saturated rings. The van der Waals surface area contributed by atoms with E-state index in [4.69, 9.17) is 17.2 Å². The lowest BCUT2D eigenvalue weighted by Crippen LogP contribution is -2.52. The molecule has 0 unspecified atom stereocenters. The van der Waals surface area contributed by atoms with Crippen LogP contribution in [0.3, 0.4) is 0 Å². The topological polar surface area (TPSA) is 209 Å². The first-order chi connectivity index (χ1) is 32.2. The number of nitrogens with one attached hydrogen (secondary N) is 1. The third kappa shape index (κ3) is 17.6. The molecule has 4 rings (SSSR count). The molecule has 0 saturated heterocycles. The third-order valence-electron chi connectivity index (χ3n) is 11.3. The highest BCUT2D eigenvalue weighted by molar-refractivity contribution is 5.92. The summed E-state index contributed by atoms with van der Waals surface area (Å²) in [5.74, 6) is -4.47. The minimum atomic E-state index is -0.737. The van der Waals surface area contributed by atoms with Crippen LogP contribution in [0.4, 0.5) is 8.78 Å². The Morgan fingerprint density at radius 3 is 1.40 bits per heavy atom. The normalized spacial score (nSPS) is 11.9. The number of primary amides is 1. The number of nitrogens with two attached hydrogens (primary N) is 3. The van der Waals surface area contributed by atoms with Crippen molar-refractivity contribution in [2.75, 3.05) is 65.4 Å². The first-order valence-corrected chi connectivity index (χ1v) is 22.6. The zero-order valence-electron chi connectivity index (χ0n) is 38.5. The van der Waals surface area contributed by atoms with Crippen molar-refractivity contribution in [3.8, 4) is 0 Å². The van der Waals surface area contributed by atoms with Crippen LogP contribution in [-0.4, -0.2) is 125 Å². The van der Waals surface area contributed by atoms with Crippen molar-refractivity contribution in [3.05, 3.63) is 143 Å². The quantitative estimate of drug-likeness (QED) is 0.0609. The Kier molecular flexibility index (Phi) is 22.0.